The van der Waals surface area contributed by atoms with E-state index in [4.69, 9.17) is 4.74 Å². The van der Waals surface area contributed by atoms with Gasteiger partial charge in [0.1, 0.15) is 23.7 Å². The molecule has 1 aromatic rings. The number of carbonyl (C=O) groups excluding carboxylic acids is 2. The fraction of sp³-hybridized carbons (Fsp3) is 0.375. The van der Waals surface area contributed by atoms with Crippen molar-refractivity contribution < 1.29 is 28.9 Å². The molecule has 0 atom stereocenters. The first-order chi connectivity index (χ1) is 10.5. The van der Waals surface area contributed by atoms with Crippen molar-refractivity contribution in [3.05, 3.63) is 35.4 Å². The number of methoxy groups -OCH3 is 2. The number of phenols is 1. The van der Waals surface area contributed by atoms with Gasteiger partial charge < -0.3 is 19.3 Å². The van der Waals surface area contributed by atoms with E-state index in [1.54, 1.807) is 0 Å². The van der Waals surface area contributed by atoms with E-state index >= 15 is 0 Å². The molecule has 0 saturated carbocycles. The van der Waals surface area contributed by atoms with Crippen molar-refractivity contribution in [2.24, 2.45) is 0 Å². The summed E-state index contributed by atoms with van der Waals surface area (Å²) in [7, 11) is 2.36. The first-order valence-electron chi connectivity index (χ1n) is 6.74. The van der Waals surface area contributed by atoms with Crippen molar-refractivity contribution in [3.63, 3.8) is 0 Å². The summed E-state index contributed by atoms with van der Waals surface area (Å²) in [6, 6.07) is 1.25. The number of carbonyl (C=O) groups is 2. The first kappa shape index (κ1) is 19.5. The van der Waals surface area contributed by atoms with Crippen molar-refractivity contribution in [2.45, 2.75) is 20.8 Å². The molecule has 0 amide bonds. The maximum atomic E-state index is 11.9. The third-order valence-electron chi connectivity index (χ3n) is 2.66. The van der Waals surface area contributed by atoms with Gasteiger partial charge in [-0.1, -0.05) is 26.5 Å². The van der Waals surface area contributed by atoms with E-state index in [-0.39, 0.29) is 34.8 Å². The van der Waals surface area contributed by atoms with Gasteiger partial charge in [-0.2, -0.15) is 0 Å². The molecule has 0 fully saturated rings. The molecule has 1 N–H and O–H groups in total. The monoisotopic (exact) mass is 310 g/mol. The zero-order valence-electron chi connectivity index (χ0n) is 13.6. The number of benzene rings is 1. The molecule has 0 aliphatic rings. The van der Waals surface area contributed by atoms with Crippen molar-refractivity contribution in [1.82, 2.24) is 0 Å². The van der Waals surface area contributed by atoms with E-state index in [0.717, 1.165) is 0 Å². The van der Waals surface area contributed by atoms with Crippen LogP contribution in [0.3, 0.4) is 0 Å². The average molecular weight is 310 g/mol. The fourth-order valence-corrected chi connectivity index (χ4v) is 1.67. The lowest BCUT2D eigenvalue weighted by Gasteiger charge is -2.15. The van der Waals surface area contributed by atoms with Gasteiger partial charge in [0.25, 0.3) is 0 Å². The Morgan fingerprint density at radius 2 is 1.68 bits per heavy atom. The summed E-state index contributed by atoms with van der Waals surface area (Å²) in [4.78, 5) is 23.7. The van der Waals surface area contributed by atoms with Crippen molar-refractivity contribution in [1.29, 1.82) is 0 Å². The Kier molecular flexibility index (Phi) is 8.37. The van der Waals surface area contributed by atoms with Gasteiger partial charge in [-0.05, 0) is 6.92 Å². The van der Waals surface area contributed by atoms with Crippen LogP contribution >= 0.6 is 0 Å². The van der Waals surface area contributed by atoms with Gasteiger partial charge in [-0.15, -0.1) is 0 Å². The van der Waals surface area contributed by atoms with E-state index in [1.807, 2.05) is 13.8 Å². The molecule has 0 radical (unpaired) electrons. The van der Waals surface area contributed by atoms with Crippen LogP contribution in [0.25, 0.3) is 0 Å². The lowest BCUT2D eigenvalue weighted by molar-refractivity contribution is 0.0550. The zero-order chi connectivity index (χ0) is 17.3. The van der Waals surface area contributed by atoms with Crippen LogP contribution in [-0.2, 0) is 9.47 Å². The average Bonchev–Trinajstić information content (AvgIpc) is 2.55. The third kappa shape index (κ3) is 4.25. The second kappa shape index (κ2) is 9.44. The van der Waals surface area contributed by atoms with Crippen molar-refractivity contribution >= 4 is 11.9 Å². The second-order valence-electron chi connectivity index (χ2n) is 3.85. The van der Waals surface area contributed by atoms with Crippen molar-refractivity contribution in [3.8, 4) is 11.5 Å². The predicted octanol–water partition coefficient (Wildman–Crippen LogP) is 2.86. The van der Waals surface area contributed by atoms with Crippen LogP contribution in [0.2, 0.25) is 0 Å². The molecule has 0 aliphatic heterocycles. The molecule has 1 rings (SSSR count). The minimum Gasteiger partial charge on any atom is -0.508 e. The summed E-state index contributed by atoms with van der Waals surface area (Å²) in [6.07, 6.45) is 1.47. The molecule has 1 aromatic carbocycles. The number of ether oxygens (including phenoxy) is 3. The van der Waals surface area contributed by atoms with E-state index in [2.05, 4.69) is 16.1 Å². The van der Waals surface area contributed by atoms with E-state index < -0.39 is 11.9 Å². The Morgan fingerprint density at radius 3 is 2.14 bits per heavy atom. The molecular weight excluding hydrogens is 288 g/mol. The maximum absolute atomic E-state index is 11.9. The molecule has 0 saturated heterocycles. The summed E-state index contributed by atoms with van der Waals surface area (Å²) in [5.41, 5.74) is 0.0399. The molecule has 22 heavy (non-hydrogen) atoms. The standard InChI is InChI=1S/C14H16O6.C2H6/c1-5-6-20-10-7-9(15)8(2)11(13(16)18-3)12(10)14(17)19-4;1-2/h5,7,15H,1,6H2,2-4H3;1-2H3. The van der Waals surface area contributed by atoms with Gasteiger partial charge in [0.2, 0.25) is 0 Å². The lowest BCUT2D eigenvalue weighted by atomic mass is 9.99. The van der Waals surface area contributed by atoms with Gasteiger partial charge >= 0.3 is 11.9 Å². The number of aromatic hydroxyl groups is 1. The molecular formula is C16H22O6. The highest BCUT2D eigenvalue weighted by Gasteiger charge is 2.27. The summed E-state index contributed by atoms with van der Waals surface area (Å²) < 4.78 is 14.6. The fourth-order valence-electron chi connectivity index (χ4n) is 1.67. The molecule has 0 unspecified atom stereocenters. The van der Waals surface area contributed by atoms with E-state index in [0.29, 0.717) is 0 Å². The molecule has 0 aromatic heterocycles. The highest BCUT2D eigenvalue weighted by molar-refractivity contribution is 6.06. The SMILES string of the molecule is C=CCOc1cc(O)c(C)c(C(=O)OC)c1C(=O)OC.CC. The third-order valence-corrected chi connectivity index (χ3v) is 2.66. The molecule has 0 heterocycles. The molecule has 0 spiro atoms. The van der Waals surface area contributed by atoms with Crippen LogP contribution < -0.4 is 4.74 Å². The summed E-state index contributed by atoms with van der Waals surface area (Å²) in [5.74, 6) is -1.67. The molecule has 122 valence electrons. The number of rotatable bonds is 5. The smallest absolute Gasteiger partial charge is 0.342 e. The molecule has 6 heteroatoms. The van der Waals surface area contributed by atoms with Crippen LogP contribution in [0.4, 0.5) is 0 Å². The van der Waals surface area contributed by atoms with Gasteiger partial charge in [0.05, 0.1) is 19.8 Å². The predicted molar refractivity (Wildman–Crippen MR) is 82.6 cm³/mol. The molecule has 0 aliphatic carbocycles. The van der Waals surface area contributed by atoms with Crippen molar-refractivity contribution in [2.75, 3.05) is 20.8 Å². The van der Waals surface area contributed by atoms with E-state index in [9.17, 15) is 14.7 Å². The Balaban J connectivity index is 0.00000211. The number of hydrogen-bond donors (Lipinski definition) is 1. The van der Waals surface area contributed by atoms with Crippen LogP contribution in [0, 0.1) is 6.92 Å². The minimum absolute atomic E-state index is 0.0280. The maximum Gasteiger partial charge on any atom is 0.342 e. The van der Waals surface area contributed by atoms with Crippen LogP contribution in [0.1, 0.15) is 40.1 Å². The Labute approximate surface area is 130 Å². The van der Waals surface area contributed by atoms with Gasteiger partial charge in [0, 0.05) is 11.6 Å². The Bertz CT molecular complexity index is 548. The lowest BCUT2D eigenvalue weighted by Crippen LogP contribution is -2.16. The number of esters is 2. The Morgan fingerprint density at radius 1 is 1.18 bits per heavy atom. The largest absolute Gasteiger partial charge is 0.508 e. The Hall–Kier alpha value is -2.50. The van der Waals surface area contributed by atoms with E-state index in [1.165, 1.54) is 33.3 Å². The topological polar surface area (TPSA) is 82.1 Å². The summed E-state index contributed by atoms with van der Waals surface area (Å²) in [5, 5.41) is 9.84. The van der Waals surface area contributed by atoms with Gasteiger partial charge in [-0.25, -0.2) is 9.59 Å². The number of phenolic OH excluding ortho intramolecular Hbond substituents is 1. The molecule has 6 nitrogen and oxygen atoms in total. The first-order valence-corrected chi connectivity index (χ1v) is 6.74. The highest BCUT2D eigenvalue weighted by Crippen LogP contribution is 2.33. The quantitative estimate of drug-likeness (QED) is 0.665. The highest BCUT2D eigenvalue weighted by atomic mass is 16.5. The van der Waals surface area contributed by atoms with Crippen LogP contribution in [0.15, 0.2) is 18.7 Å². The zero-order valence-corrected chi connectivity index (χ0v) is 13.6. The normalized spacial score (nSPS) is 9.14. The van der Waals surface area contributed by atoms with Crippen LogP contribution in [0.5, 0.6) is 11.5 Å². The summed E-state index contributed by atoms with van der Waals surface area (Å²) >= 11 is 0. The van der Waals surface area contributed by atoms with Gasteiger partial charge in [-0.3, -0.25) is 0 Å². The van der Waals surface area contributed by atoms with Gasteiger partial charge in [0.15, 0.2) is 0 Å². The summed E-state index contributed by atoms with van der Waals surface area (Å²) in [6.45, 7) is 9.08. The minimum atomic E-state index is -0.762. The molecule has 0 bridgehead atoms. The van der Waals surface area contributed by atoms with Crippen LogP contribution in [-0.4, -0.2) is 37.9 Å². The number of hydrogen-bond acceptors (Lipinski definition) is 6. The second-order valence-corrected chi connectivity index (χ2v) is 3.85.